The fourth-order valence-electron chi connectivity index (χ4n) is 5.36. The molecular weight excluding hydrogens is 537 g/mol. The van der Waals surface area contributed by atoms with Crippen LogP contribution in [0, 0.1) is 5.82 Å². The van der Waals surface area contributed by atoms with Crippen LogP contribution in [0.3, 0.4) is 0 Å². The number of carbonyl (C=O) groups excluding carboxylic acids is 1. The van der Waals surface area contributed by atoms with Crippen LogP contribution in [0.1, 0.15) is 46.7 Å². The molecule has 0 radical (unpaired) electrons. The summed E-state index contributed by atoms with van der Waals surface area (Å²) in [6.45, 7) is 2.71. The van der Waals surface area contributed by atoms with Crippen LogP contribution in [0.4, 0.5) is 10.1 Å². The van der Waals surface area contributed by atoms with E-state index in [1.165, 1.54) is 23.3 Å². The predicted molar refractivity (Wildman–Crippen MR) is 160 cm³/mol. The Labute approximate surface area is 241 Å². The van der Waals surface area contributed by atoms with Gasteiger partial charge in [0, 0.05) is 25.0 Å². The topological polar surface area (TPSA) is 78.5 Å². The molecule has 0 atom stereocenters. The lowest BCUT2D eigenvalue weighted by atomic mass is 9.88. The lowest BCUT2D eigenvalue weighted by molar-refractivity contribution is 0.0911. The molecule has 0 aliphatic carbocycles. The molecule has 41 heavy (non-hydrogen) atoms. The van der Waals surface area contributed by atoms with Gasteiger partial charge in [0.2, 0.25) is 0 Å². The molecule has 5 rings (SSSR count). The molecule has 0 saturated carbocycles. The van der Waals surface area contributed by atoms with Crippen molar-refractivity contribution < 1.29 is 17.6 Å². The Morgan fingerprint density at radius 3 is 1.98 bits per heavy atom. The van der Waals surface area contributed by atoms with Crippen LogP contribution in [-0.4, -0.2) is 44.9 Å². The second kappa shape index (κ2) is 13.1. The predicted octanol–water partition coefficient (Wildman–Crippen LogP) is 6.04. The van der Waals surface area contributed by atoms with Gasteiger partial charge in [-0.05, 0) is 73.3 Å². The van der Waals surface area contributed by atoms with Crippen LogP contribution in [0.5, 0.6) is 0 Å². The number of sulfonamides is 1. The quantitative estimate of drug-likeness (QED) is 0.243. The zero-order valence-corrected chi connectivity index (χ0v) is 23.6. The average molecular weight is 572 g/mol. The molecule has 1 fully saturated rings. The van der Waals surface area contributed by atoms with Crippen LogP contribution in [0.25, 0.3) is 0 Å². The number of amides is 1. The van der Waals surface area contributed by atoms with Gasteiger partial charge in [0.05, 0.1) is 16.1 Å². The van der Waals surface area contributed by atoms with Gasteiger partial charge in [0.15, 0.2) is 0 Å². The number of rotatable bonds is 10. The molecule has 2 N–H and O–H groups in total. The van der Waals surface area contributed by atoms with E-state index in [9.17, 15) is 17.6 Å². The van der Waals surface area contributed by atoms with Gasteiger partial charge in [0.25, 0.3) is 15.9 Å². The first-order valence-corrected chi connectivity index (χ1v) is 15.4. The maximum atomic E-state index is 13.3. The van der Waals surface area contributed by atoms with Gasteiger partial charge in [-0.2, -0.15) is 0 Å². The highest BCUT2D eigenvalue weighted by Crippen LogP contribution is 2.29. The first-order chi connectivity index (χ1) is 19.9. The van der Waals surface area contributed by atoms with Crippen molar-refractivity contribution in [1.29, 1.82) is 0 Å². The SMILES string of the molecule is O=C(NC1CCN(CCC(c2ccccc2)c2ccccc2)CC1)c1ccccc1NS(=O)(=O)c1ccc(F)cc1. The van der Waals surface area contributed by atoms with Crippen LogP contribution in [-0.2, 0) is 10.0 Å². The van der Waals surface area contributed by atoms with Gasteiger partial charge in [-0.25, -0.2) is 12.8 Å². The van der Waals surface area contributed by atoms with Crippen LogP contribution >= 0.6 is 0 Å². The average Bonchev–Trinajstić information content (AvgIpc) is 2.99. The van der Waals surface area contributed by atoms with E-state index in [1.807, 2.05) is 12.1 Å². The zero-order valence-electron chi connectivity index (χ0n) is 22.7. The van der Waals surface area contributed by atoms with E-state index in [-0.39, 0.29) is 28.1 Å². The number of likely N-dealkylation sites (tertiary alicyclic amines) is 1. The Morgan fingerprint density at radius 2 is 1.37 bits per heavy atom. The number of carbonyl (C=O) groups is 1. The molecule has 0 spiro atoms. The molecule has 0 bridgehead atoms. The molecule has 212 valence electrons. The third-order valence-electron chi connectivity index (χ3n) is 7.60. The number of halogens is 1. The molecule has 6 nitrogen and oxygen atoms in total. The number of nitrogens with zero attached hydrogens (tertiary/aromatic N) is 1. The Balaban J connectivity index is 1.17. The van der Waals surface area contributed by atoms with E-state index >= 15 is 0 Å². The molecule has 1 aliphatic rings. The van der Waals surface area contributed by atoms with Crippen molar-refractivity contribution in [3.63, 3.8) is 0 Å². The van der Waals surface area contributed by atoms with E-state index in [0.29, 0.717) is 5.92 Å². The Morgan fingerprint density at radius 1 is 0.805 bits per heavy atom. The largest absolute Gasteiger partial charge is 0.349 e. The van der Waals surface area contributed by atoms with Crippen molar-refractivity contribution in [3.05, 3.63) is 132 Å². The summed E-state index contributed by atoms with van der Waals surface area (Å²) in [5.74, 6) is -0.527. The maximum absolute atomic E-state index is 13.3. The van der Waals surface area contributed by atoms with Crippen molar-refractivity contribution in [1.82, 2.24) is 10.2 Å². The van der Waals surface area contributed by atoms with Gasteiger partial charge in [0.1, 0.15) is 5.82 Å². The maximum Gasteiger partial charge on any atom is 0.261 e. The first kappa shape index (κ1) is 28.5. The molecule has 4 aromatic rings. The summed E-state index contributed by atoms with van der Waals surface area (Å²) in [7, 11) is -3.98. The lowest BCUT2D eigenvalue weighted by Gasteiger charge is -2.33. The minimum absolute atomic E-state index is 0.000412. The highest BCUT2D eigenvalue weighted by molar-refractivity contribution is 7.92. The van der Waals surface area contributed by atoms with Crippen molar-refractivity contribution in [2.75, 3.05) is 24.4 Å². The van der Waals surface area contributed by atoms with Crippen molar-refractivity contribution in [3.8, 4) is 0 Å². The number of anilines is 1. The minimum Gasteiger partial charge on any atom is -0.349 e. The number of para-hydroxylation sites is 1. The van der Waals surface area contributed by atoms with Crippen molar-refractivity contribution >= 4 is 21.6 Å². The van der Waals surface area contributed by atoms with Gasteiger partial charge < -0.3 is 10.2 Å². The molecule has 0 aromatic heterocycles. The standard InChI is InChI=1S/C33H34FN3O3S/c34-27-15-17-29(18-16-27)41(39,40)36-32-14-8-7-13-31(32)33(38)35-28-19-22-37(23-20-28)24-21-30(25-9-3-1-4-10-25)26-11-5-2-6-12-26/h1-18,28,30,36H,19-24H2,(H,35,38). The lowest BCUT2D eigenvalue weighted by Crippen LogP contribution is -2.45. The van der Waals surface area contributed by atoms with Crippen LogP contribution < -0.4 is 10.0 Å². The van der Waals surface area contributed by atoms with Gasteiger partial charge in [-0.3, -0.25) is 9.52 Å². The van der Waals surface area contributed by atoms with E-state index in [2.05, 4.69) is 63.5 Å². The van der Waals surface area contributed by atoms with E-state index in [0.717, 1.165) is 51.0 Å². The molecule has 0 unspecified atom stereocenters. The summed E-state index contributed by atoms with van der Waals surface area (Å²) in [5, 5.41) is 3.10. The number of nitrogens with one attached hydrogen (secondary N) is 2. The minimum atomic E-state index is -3.98. The molecule has 4 aromatic carbocycles. The first-order valence-electron chi connectivity index (χ1n) is 13.9. The fourth-order valence-corrected chi connectivity index (χ4v) is 6.44. The Bertz CT molecular complexity index is 1500. The number of piperidine rings is 1. The number of hydrogen-bond acceptors (Lipinski definition) is 4. The third kappa shape index (κ3) is 7.39. The second-order valence-corrected chi connectivity index (χ2v) is 12.0. The van der Waals surface area contributed by atoms with E-state index in [1.54, 1.807) is 24.3 Å². The molecule has 1 heterocycles. The summed E-state index contributed by atoms with van der Waals surface area (Å²) >= 11 is 0. The zero-order chi connectivity index (χ0) is 28.7. The van der Waals surface area contributed by atoms with Gasteiger partial charge in [-0.15, -0.1) is 0 Å². The van der Waals surface area contributed by atoms with Crippen LogP contribution in [0.2, 0.25) is 0 Å². The van der Waals surface area contributed by atoms with Crippen molar-refractivity contribution in [2.45, 2.75) is 36.1 Å². The fraction of sp³-hybridized carbons (Fsp3) is 0.242. The number of benzene rings is 4. The molecule has 1 aliphatic heterocycles. The number of hydrogen-bond donors (Lipinski definition) is 2. The van der Waals surface area contributed by atoms with E-state index in [4.69, 9.17) is 0 Å². The summed E-state index contributed by atoms with van der Waals surface area (Å²) < 4.78 is 41.4. The smallest absolute Gasteiger partial charge is 0.261 e. The Kier molecular flexibility index (Phi) is 9.11. The molecule has 1 saturated heterocycles. The summed E-state index contributed by atoms with van der Waals surface area (Å²) in [4.78, 5) is 15.6. The Hall–Kier alpha value is -4.01. The van der Waals surface area contributed by atoms with Gasteiger partial charge in [-0.1, -0.05) is 72.8 Å². The monoisotopic (exact) mass is 571 g/mol. The van der Waals surface area contributed by atoms with Gasteiger partial charge >= 0.3 is 0 Å². The highest BCUT2D eigenvalue weighted by atomic mass is 32.2. The third-order valence-corrected chi connectivity index (χ3v) is 8.98. The molecule has 1 amide bonds. The summed E-state index contributed by atoms with van der Waals surface area (Å²) in [6, 6.07) is 32.3. The van der Waals surface area contributed by atoms with Crippen LogP contribution in [0.15, 0.2) is 114 Å². The molecule has 8 heteroatoms. The second-order valence-electron chi connectivity index (χ2n) is 10.4. The highest BCUT2D eigenvalue weighted by Gasteiger charge is 2.24. The normalized spacial score (nSPS) is 14.6. The molecular formula is C33H34FN3O3S. The summed E-state index contributed by atoms with van der Waals surface area (Å²) in [6.07, 6.45) is 2.64. The summed E-state index contributed by atoms with van der Waals surface area (Å²) in [5.41, 5.74) is 3.05. The van der Waals surface area contributed by atoms with E-state index < -0.39 is 15.8 Å². The van der Waals surface area contributed by atoms with Crippen molar-refractivity contribution in [2.24, 2.45) is 0 Å².